The molecule has 3 rings (SSSR count). The Bertz CT molecular complexity index is 788. The fourth-order valence-electron chi connectivity index (χ4n) is 4.91. The Labute approximate surface area is 191 Å². The quantitative estimate of drug-likeness (QED) is 0.600. The molecule has 5 nitrogen and oxygen atoms in total. The van der Waals surface area contributed by atoms with Crippen LogP contribution >= 0.6 is 11.6 Å². The van der Waals surface area contributed by atoms with Gasteiger partial charge in [0.15, 0.2) is 0 Å². The van der Waals surface area contributed by atoms with Crippen LogP contribution in [0.4, 0.5) is 0 Å². The first kappa shape index (κ1) is 23.9. The third-order valence-corrected chi connectivity index (χ3v) is 6.93. The lowest BCUT2D eigenvalue weighted by Crippen LogP contribution is -2.42. The van der Waals surface area contributed by atoms with E-state index in [-0.39, 0.29) is 35.2 Å². The molecule has 0 bridgehead atoms. The van der Waals surface area contributed by atoms with Crippen molar-refractivity contribution in [3.63, 3.8) is 0 Å². The van der Waals surface area contributed by atoms with E-state index < -0.39 is 0 Å². The highest BCUT2D eigenvalue weighted by molar-refractivity contribution is 6.30. The van der Waals surface area contributed by atoms with Crippen LogP contribution in [0.1, 0.15) is 71.3 Å². The Morgan fingerprint density at radius 1 is 1.10 bits per heavy atom. The number of amides is 1. The van der Waals surface area contributed by atoms with Gasteiger partial charge < -0.3 is 14.8 Å². The van der Waals surface area contributed by atoms with Crippen LogP contribution in [0.5, 0.6) is 5.75 Å². The van der Waals surface area contributed by atoms with E-state index in [0.29, 0.717) is 24.0 Å². The molecule has 2 aliphatic carbocycles. The van der Waals surface area contributed by atoms with Crippen LogP contribution in [0.25, 0.3) is 0 Å². The Morgan fingerprint density at radius 3 is 2.58 bits per heavy atom. The standard InChI is InChI=1S/C25H36ClNO4/c1-25(2,3)21-14-19(26)10-11-22(21)31-15-16-8-9-17(12-16)23(28)27-20-7-5-6-18(13-20)24(29)30-4/h10-11,14,16-18,20H,5-9,12-13,15H2,1-4H3,(H,27,28). The minimum atomic E-state index is -0.158. The first-order valence-corrected chi connectivity index (χ1v) is 11.9. The number of carbonyl (C=O) groups excluding carboxylic acids is 2. The summed E-state index contributed by atoms with van der Waals surface area (Å²) in [6.45, 7) is 7.06. The van der Waals surface area contributed by atoms with Crippen molar-refractivity contribution < 1.29 is 19.1 Å². The van der Waals surface area contributed by atoms with Crippen LogP contribution < -0.4 is 10.1 Å². The van der Waals surface area contributed by atoms with Gasteiger partial charge in [-0.1, -0.05) is 38.8 Å². The van der Waals surface area contributed by atoms with Gasteiger partial charge in [0.05, 0.1) is 19.6 Å². The number of methoxy groups -OCH3 is 1. The molecule has 4 unspecified atom stereocenters. The lowest BCUT2D eigenvalue weighted by Gasteiger charge is -2.29. The Hall–Kier alpha value is -1.75. The fourth-order valence-corrected chi connectivity index (χ4v) is 5.08. The van der Waals surface area contributed by atoms with E-state index in [0.717, 1.165) is 49.8 Å². The lowest BCUT2D eigenvalue weighted by molar-refractivity contribution is -0.147. The molecule has 6 heteroatoms. The molecule has 1 amide bonds. The van der Waals surface area contributed by atoms with Gasteiger partial charge in [-0.05, 0) is 68.1 Å². The molecule has 2 saturated carbocycles. The highest BCUT2D eigenvalue weighted by Crippen LogP contribution is 2.36. The summed E-state index contributed by atoms with van der Waals surface area (Å²) in [6.07, 6.45) is 6.14. The largest absolute Gasteiger partial charge is 0.493 e. The lowest BCUT2D eigenvalue weighted by atomic mass is 9.85. The third-order valence-electron chi connectivity index (χ3n) is 6.69. The molecule has 1 N–H and O–H groups in total. The molecular formula is C25H36ClNO4. The van der Waals surface area contributed by atoms with Crippen LogP contribution in [0.15, 0.2) is 18.2 Å². The van der Waals surface area contributed by atoms with Gasteiger partial charge in [-0.15, -0.1) is 0 Å². The van der Waals surface area contributed by atoms with Gasteiger partial charge in [0, 0.05) is 22.5 Å². The third kappa shape index (κ3) is 6.38. The van der Waals surface area contributed by atoms with Gasteiger partial charge in [-0.2, -0.15) is 0 Å². The van der Waals surface area contributed by atoms with Crippen molar-refractivity contribution in [1.29, 1.82) is 0 Å². The van der Waals surface area contributed by atoms with Crippen LogP contribution in [0.2, 0.25) is 5.02 Å². The molecule has 2 fully saturated rings. The van der Waals surface area contributed by atoms with Crippen LogP contribution in [0.3, 0.4) is 0 Å². The van der Waals surface area contributed by atoms with Crippen molar-refractivity contribution in [2.24, 2.45) is 17.8 Å². The summed E-state index contributed by atoms with van der Waals surface area (Å²) >= 11 is 6.19. The highest BCUT2D eigenvalue weighted by Gasteiger charge is 2.34. The Morgan fingerprint density at radius 2 is 1.87 bits per heavy atom. The summed E-state index contributed by atoms with van der Waals surface area (Å²) in [5.41, 5.74) is 1.05. The average molecular weight is 450 g/mol. The fraction of sp³-hybridized carbons (Fsp3) is 0.680. The van der Waals surface area contributed by atoms with E-state index in [1.54, 1.807) is 0 Å². The highest BCUT2D eigenvalue weighted by atomic mass is 35.5. The number of halogens is 1. The van der Waals surface area contributed by atoms with Crippen LogP contribution in [-0.4, -0.2) is 31.6 Å². The minimum Gasteiger partial charge on any atom is -0.493 e. The number of carbonyl (C=O) groups is 2. The number of rotatable bonds is 6. The second-order valence-corrected chi connectivity index (χ2v) is 10.6. The average Bonchev–Trinajstić information content (AvgIpc) is 3.21. The van der Waals surface area contributed by atoms with Gasteiger partial charge >= 0.3 is 5.97 Å². The first-order valence-electron chi connectivity index (χ1n) is 11.5. The molecular weight excluding hydrogens is 414 g/mol. The molecule has 0 radical (unpaired) electrons. The maximum absolute atomic E-state index is 12.8. The van der Waals surface area contributed by atoms with Crippen molar-refractivity contribution in [1.82, 2.24) is 5.32 Å². The number of ether oxygens (including phenoxy) is 2. The summed E-state index contributed by atoms with van der Waals surface area (Å²) in [5, 5.41) is 3.91. The molecule has 1 aromatic carbocycles. The van der Waals surface area contributed by atoms with Gasteiger partial charge in [0.1, 0.15) is 5.75 Å². The molecule has 172 valence electrons. The zero-order valence-corrected chi connectivity index (χ0v) is 20.0. The predicted molar refractivity (Wildman–Crippen MR) is 122 cm³/mol. The molecule has 1 aromatic rings. The zero-order valence-electron chi connectivity index (χ0n) is 19.2. The number of esters is 1. The van der Waals surface area contributed by atoms with E-state index in [1.165, 1.54) is 7.11 Å². The van der Waals surface area contributed by atoms with Crippen LogP contribution in [-0.2, 0) is 19.7 Å². The molecule has 0 aliphatic heterocycles. The summed E-state index contributed by atoms with van der Waals surface area (Å²) in [5.74, 6) is 1.15. The second-order valence-electron chi connectivity index (χ2n) is 10.2. The minimum absolute atomic E-state index is 0.0272. The smallest absolute Gasteiger partial charge is 0.308 e. The summed E-state index contributed by atoms with van der Waals surface area (Å²) in [6, 6.07) is 5.86. The van der Waals surface area contributed by atoms with E-state index in [1.807, 2.05) is 18.2 Å². The molecule has 4 atom stereocenters. The first-order chi connectivity index (χ1) is 14.7. The van der Waals surface area contributed by atoms with Crippen molar-refractivity contribution >= 4 is 23.5 Å². The number of hydrogen-bond donors (Lipinski definition) is 1. The zero-order chi connectivity index (χ0) is 22.6. The maximum atomic E-state index is 12.8. The number of benzene rings is 1. The molecule has 0 heterocycles. The Balaban J connectivity index is 1.50. The van der Waals surface area contributed by atoms with E-state index >= 15 is 0 Å². The van der Waals surface area contributed by atoms with E-state index in [9.17, 15) is 9.59 Å². The van der Waals surface area contributed by atoms with E-state index in [4.69, 9.17) is 21.1 Å². The number of hydrogen-bond acceptors (Lipinski definition) is 4. The van der Waals surface area contributed by atoms with Crippen molar-refractivity contribution in [2.75, 3.05) is 13.7 Å². The normalized spacial score (nSPS) is 26.4. The molecule has 2 aliphatic rings. The summed E-state index contributed by atoms with van der Waals surface area (Å²) in [7, 11) is 1.43. The van der Waals surface area contributed by atoms with Gasteiger partial charge in [-0.3, -0.25) is 9.59 Å². The molecule has 0 spiro atoms. The van der Waals surface area contributed by atoms with E-state index in [2.05, 4.69) is 26.1 Å². The molecule has 0 saturated heterocycles. The monoisotopic (exact) mass is 449 g/mol. The van der Waals surface area contributed by atoms with Gasteiger partial charge in [0.25, 0.3) is 0 Å². The SMILES string of the molecule is COC(=O)C1CCCC(NC(=O)C2CCC(COc3ccc(Cl)cc3C(C)(C)C)C2)C1. The van der Waals surface area contributed by atoms with Gasteiger partial charge in [-0.25, -0.2) is 0 Å². The van der Waals surface area contributed by atoms with Crippen LogP contribution in [0, 0.1) is 17.8 Å². The molecule has 0 aromatic heterocycles. The summed E-state index contributed by atoms with van der Waals surface area (Å²) < 4.78 is 11.1. The maximum Gasteiger partial charge on any atom is 0.308 e. The van der Waals surface area contributed by atoms with Crippen molar-refractivity contribution in [3.8, 4) is 5.75 Å². The predicted octanol–water partition coefficient (Wildman–Crippen LogP) is 5.28. The topological polar surface area (TPSA) is 64.6 Å². The van der Waals surface area contributed by atoms with Crippen molar-refractivity contribution in [3.05, 3.63) is 28.8 Å². The van der Waals surface area contributed by atoms with Gasteiger partial charge in [0.2, 0.25) is 5.91 Å². The number of nitrogens with one attached hydrogen (secondary N) is 1. The summed E-state index contributed by atoms with van der Waals surface area (Å²) in [4.78, 5) is 24.7. The molecule has 31 heavy (non-hydrogen) atoms. The van der Waals surface area contributed by atoms with Crippen molar-refractivity contribution in [2.45, 2.75) is 77.2 Å². The Kier molecular flexibility index (Phi) is 7.90. The second kappa shape index (κ2) is 10.2.